The maximum atomic E-state index is 14.3. The van der Waals surface area contributed by atoms with Crippen molar-refractivity contribution in [2.75, 3.05) is 13.1 Å². The quantitative estimate of drug-likeness (QED) is 0.0609. The first-order chi connectivity index (χ1) is 26.9. The van der Waals surface area contributed by atoms with Gasteiger partial charge in [-0.25, -0.2) is 4.79 Å². The van der Waals surface area contributed by atoms with E-state index in [0.29, 0.717) is 25.8 Å². The molecule has 0 saturated carbocycles. The van der Waals surface area contributed by atoms with Crippen molar-refractivity contribution in [3.8, 4) is 0 Å². The zero-order chi connectivity index (χ0) is 40.6. The van der Waals surface area contributed by atoms with Gasteiger partial charge in [0, 0.05) is 48.3 Å². The Morgan fingerprint density at radius 2 is 1.36 bits per heavy atom. The van der Waals surface area contributed by atoms with Crippen LogP contribution in [0.25, 0.3) is 10.9 Å². The minimum Gasteiger partial charge on any atom is -0.369 e. The number of fused-ring (bicyclic) bond motifs is 1. The van der Waals surface area contributed by atoms with E-state index in [1.165, 1.54) is 11.8 Å². The van der Waals surface area contributed by atoms with E-state index in [1.54, 1.807) is 13.1 Å². The van der Waals surface area contributed by atoms with Gasteiger partial charge in [0.15, 0.2) is 17.3 Å². The molecular weight excluding hydrogens is 711 g/mol. The Morgan fingerprint density at radius 1 is 0.732 bits per heavy atom. The summed E-state index contributed by atoms with van der Waals surface area (Å²) in [5, 5.41) is 6.54. The lowest BCUT2D eigenvalue weighted by Crippen LogP contribution is -2.50. The number of carbonyl (C=O) groups is 6. The number of ketones is 3. The molecule has 298 valence electrons. The first kappa shape index (κ1) is 43.1. The number of aromatic amines is 1. The second kappa shape index (κ2) is 21.4. The number of amides is 4. The Kier molecular flexibility index (Phi) is 16.5. The highest BCUT2D eigenvalue weighted by Gasteiger charge is 2.32. The lowest BCUT2D eigenvalue weighted by atomic mass is 9.89. The normalized spacial score (nSPS) is 13.9. The van der Waals surface area contributed by atoms with E-state index < -0.39 is 53.6 Å². The van der Waals surface area contributed by atoms with Crippen LogP contribution in [0.15, 0.2) is 91.1 Å². The third-order valence-corrected chi connectivity index (χ3v) is 9.99. The van der Waals surface area contributed by atoms with Gasteiger partial charge in [0.25, 0.3) is 0 Å². The highest BCUT2D eigenvalue weighted by molar-refractivity contribution is 5.96. The third kappa shape index (κ3) is 13.0. The molecule has 4 aromatic rings. The average molecular weight is 766 g/mol. The van der Waals surface area contributed by atoms with Gasteiger partial charge < -0.3 is 37.7 Å². The number of unbranched alkanes of at least 4 members (excludes halogenated alkanes) is 1. The summed E-state index contributed by atoms with van der Waals surface area (Å²) >= 11 is 0. The van der Waals surface area contributed by atoms with Crippen LogP contribution in [0.5, 0.6) is 0 Å². The molecule has 0 aliphatic heterocycles. The minimum absolute atomic E-state index is 0.109. The van der Waals surface area contributed by atoms with E-state index in [2.05, 4.69) is 15.6 Å². The first-order valence-electron chi connectivity index (χ1n) is 19.2. The third-order valence-electron chi connectivity index (χ3n) is 9.99. The summed E-state index contributed by atoms with van der Waals surface area (Å²) in [4.78, 5) is 85.2. The Morgan fingerprint density at radius 3 is 2.00 bits per heavy atom. The van der Waals surface area contributed by atoms with Crippen LogP contribution >= 0.6 is 0 Å². The zero-order valence-corrected chi connectivity index (χ0v) is 32.2. The Balaban J connectivity index is 1.57. The smallest absolute Gasteiger partial charge is 0.318 e. The lowest BCUT2D eigenvalue weighted by molar-refractivity contribution is -0.133. The molecule has 5 atom stereocenters. The molecule has 0 fully saturated rings. The molecule has 13 heteroatoms. The molecule has 9 N–H and O–H groups in total. The summed E-state index contributed by atoms with van der Waals surface area (Å²) < 4.78 is 0. The molecule has 1 aromatic heterocycles. The Hall–Kier alpha value is -5.66. The number of carbonyl (C=O) groups excluding carboxylic acids is 6. The van der Waals surface area contributed by atoms with Crippen LogP contribution in [-0.4, -0.2) is 76.3 Å². The summed E-state index contributed by atoms with van der Waals surface area (Å²) in [5.41, 5.74) is 20.4. The monoisotopic (exact) mass is 765 g/mol. The van der Waals surface area contributed by atoms with Crippen molar-refractivity contribution < 1.29 is 28.8 Å². The molecule has 1 heterocycles. The van der Waals surface area contributed by atoms with Crippen LogP contribution in [-0.2, 0) is 43.4 Å². The number of hydrogen-bond acceptors (Lipinski definition) is 8. The van der Waals surface area contributed by atoms with Crippen LogP contribution in [0.4, 0.5) is 4.79 Å². The van der Waals surface area contributed by atoms with Crippen molar-refractivity contribution in [1.82, 2.24) is 20.5 Å². The average Bonchev–Trinajstić information content (AvgIpc) is 3.59. The Bertz CT molecular complexity index is 1930. The standard InChI is InChI=1S/C43H55N7O6/c1-28(45)40(53)27-50(26-31-15-7-4-8-16-31)43(56)48-29(2)38(51)24-33(22-34-25-47-36-19-10-9-18-35(34)36)42(55)49-37(21-30-13-5-3-6-14-30)39(52)23-32(41(46)54)17-11-12-20-44/h3-10,13-16,18-19,25,28-29,32-33,37,47H,11-12,17,20-24,26-27,44-45H2,1-2H3,(H2,46,54)(H,48,56)(H,49,55)/t28-,29-,32+,33+,37+/m0/s1. The van der Waals surface area contributed by atoms with Crippen molar-refractivity contribution in [2.45, 2.75) is 83.5 Å². The van der Waals surface area contributed by atoms with E-state index in [9.17, 15) is 28.8 Å². The Labute approximate surface area is 328 Å². The van der Waals surface area contributed by atoms with Gasteiger partial charge in [-0.05, 0) is 68.8 Å². The maximum absolute atomic E-state index is 14.3. The number of Topliss-reactive ketones (excluding diaryl/α,β-unsaturated/α-hetero) is 3. The van der Waals surface area contributed by atoms with E-state index in [4.69, 9.17) is 17.2 Å². The van der Waals surface area contributed by atoms with E-state index in [0.717, 1.165) is 27.6 Å². The molecular formula is C43H55N7O6. The molecule has 4 rings (SSSR count). The number of primary amides is 1. The number of urea groups is 1. The van der Waals surface area contributed by atoms with Crippen LogP contribution in [0.1, 0.15) is 62.6 Å². The second-order valence-electron chi connectivity index (χ2n) is 14.5. The second-order valence-corrected chi connectivity index (χ2v) is 14.5. The van der Waals surface area contributed by atoms with Crippen LogP contribution in [0, 0.1) is 11.8 Å². The number of nitrogens with two attached hydrogens (primary N) is 3. The van der Waals surface area contributed by atoms with Gasteiger partial charge in [0.05, 0.1) is 24.7 Å². The molecule has 0 radical (unpaired) electrons. The van der Waals surface area contributed by atoms with Gasteiger partial charge in [-0.15, -0.1) is 0 Å². The van der Waals surface area contributed by atoms with Gasteiger partial charge in [-0.1, -0.05) is 85.3 Å². The number of hydrogen-bond donors (Lipinski definition) is 6. The molecule has 0 bridgehead atoms. The summed E-state index contributed by atoms with van der Waals surface area (Å²) in [6.07, 6.45) is 3.40. The number of benzene rings is 3. The van der Waals surface area contributed by atoms with Gasteiger partial charge in [-0.3, -0.25) is 24.0 Å². The molecule has 0 unspecified atom stereocenters. The van der Waals surface area contributed by atoms with Gasteiger partial charge in [0.1, 0.15) is 0 Å². The summed E-state index contributed by atoms with van der Waals surface area (Å²) in [6.45, 7) is 3.38. The van der Waals surface area contributed by atoms with Crippen molar-refractivity contribution >= 4 is 46.1 Å². The molecule has 4 amide bonds. The first-order valence-corrected chi connectivity index (χ1v) is 19.2. The van der Waals surface area contributed by atoms with Gasteiger partial charge in [-0.2, -0.15) is 0 Å². The lowest BCUT2D eigenvalue weighted by Gasteiger charge is -2.26. The zero-order valence-electron chi connectivity index (χ0n) is 32.2. The summed E-state index contributed by atoms with van der Waals surface area (Å²) in [7, 11) is 0. The van der Waals surface area contributed by atoms with Crippen molar-refractivity contribution in [3.05, 3.63) is 108 Å². The molecule has 0 aliphatic rings. The maximum Gasteiger partial charge on any atom is 0.318 e. The van der Waals surface area contributed by atoms with E-state index >= 15 is 0 Å². The summed E-state index contributed by atoms with van der Waals surface area (Å²) in [5.74, 6) is -3.90. The highest BCUT2D eigenvalue weighted by Crippen LogP contribution is 2.24. The van der Waals surface area contributed by atoms with Gasteiger partial charge >= 0.3 is 6.03 Å². The number of H-pyrrole nitrogens is 1. The SMILES string of the molecule is C[C@H](N)C(=O)CN(Cc1ccccc1)C(=O)N[C@@H](C)C(=O)C[C@@H](Cc1c[nH]c2ccccc12)C(=O)N[C@H](Cc1ccccc1)C(=O)C[C@@H](CCCCN)C(N)=O. The number of rotatable bonds is 23. The fourth-order valence-corrected chi connectivity index (χ4v) is 6.59. The van der Waals surface area contributed by atoms with E-state index in [-0.39, 0.29) is 50.3 Å². The molecule has 0 spiro atoms. The highest BCUT2D eigenvalue weighted by atomic mass is 16.2. The molecule has 3 aromatic carbocycles. The van der Waals surface area contributed by atoms with E-state index in [1.807, 2.05) is 84.9 Å². The number of nitrogens with one attached hydrogen (secondary N) is 3. The molecule has 13 nitrogen and oxygen atoms in total. The van der Waals surface area contributed by atoms with Gasteiger partial charge in [0.2, 0.25) is 11.8 Å². The number of para-hydroxylation sites is 1. The number of nitrogens with zero attached hydrogens (tertiary/aromatic N) is 1. The van der Waals surface area contributed by atoms with Crippen LogP contribution in [0.3, 0.4) is 0 Å². The minimum atomic E-state index is -1.03. The predicted octanol–water partition coefficient (Wildman–Crippen LogP) is 3.72. The summed E-state index contributed by atoms with van der Waals surface area (Å²) in [6, 6.07) is 22.5. The molecule has 56 heavy (non-hydrogen) atoms. The van der Waals surface area contributed by atoms with Crippen LogP contribution in [0.2, 0.25) is 0 Å². The molecule has 0 saturated heterocycles. The number of aromatic nitrogens is 1. The predicted molar refractivity (Wildman–Crippen MR) is 216 cm³/mol. The molecule has 0 aliphatic carbocycles. The topological polar surface area (TPSA) is 224 Å². The fourth-order valence-electron chi connectivity index (χ4n) is 6.59. The largest absolute Gasteiger partial charge is 0.369 e. The van der Waals surface area contributed by atoms with Crippen molar-refractivity contribution in [2.24, 2.45) is 29.0 Å². The fraction of sp³-hybridized carbons (Fsp3) is 0.395. The van der Waals surface area contributed by atoms with Crippen molar-refractivity contribution in [3.63, 3.8) is 0 Å². The van der Waals surface area contributed by atoms with Crippen molar-refractivity contribution in [1.29, 1.82) is 0 Å². The van der Waals surface area contributed by atoms with Crippen LogP contribution < -0.4 is 27.8 Å².